The van der Waals surface area contributed by atoms with E-state index in [0.717, 1.165) is 31.8 Å². The number of nitrogens with zero attached hydrogens (tertiary/aromatic N) is 1. The lowest BCUT2D eigenvalue weighted by Gasteiger charge is -2.39. The molecule has 120 valence electrons. The van der Waals surface area contributed by atoms with E-state index in [1.807, 2.05) is 0 Å². The predicted octanol–water partition coefficient (Wildman–Crippen LogP) is 3.19. The van der Waals surface area contributed by atoms with Crippen molar-refractivity contribution in [2.75, 3.05) is 13.1 Å². The van der Waals surface area contributed by atoms with Crippen molar-refractivity contribution in [1.29, 1.82) is 0 Å². The molecule has 2 aliphatic heterocycles. The summed E-state index contributed by atoms with van der Waals surface area (Å²) in [7, 11) is 0. The number of carbonyl (C=O) groups is 1. The predicted molar refractivity (Wildman–Crippen MR) is 86.0 cm³/mol. The number of nitrogens with one attached hydrogen (secondary N) is 1. The molecule has 0 aromatic carbocycles. The number of carbonyl (C=O) groups excluding carboxylic acids is 1. The monoisotopic (exact) mass is 292 g/mol. The minimum Gasteiger partial charge on any atom is -0.341 e. The van der Waals surface area contributed by atoms with E-state index in [1.54, 1.807) is 0 Å². The normalized spacial score (nSPS) is 39.1. The number of fused-ring (bicyclic) bond motifs is 2. The van der Waals surface area contributed by atoms with Gasteiger partial charge in [-0.15, -0.1) is 0 Å². The third-order valence-corrected chi connectivity index (χ3v) is 5.82. The molecule has 1 N–H and O–H groups in total. The van der Waals surface area contributed by atoms with Gasteiger partial charge in [0.25, 0.3) is 0 Å². The van der Waals surface area contributed by atoms with Gasteiger partial charge in [0, 0.05) is 31.6 Å². The number of amides is 1. The lowest BCUT2D eigenvalue weighted by atomic mass is 9.67. The zero-order chi connectivity index (χ0) is 15.0. The first kappa shape index (κ1) is 15.3. The van der Waals surface area contributed by atoms with Crippen LogP contribution in [0.3, 0.4) is 0 Å². The second-order valence-corrected chi connectivity index (χ2v) is 8.75. The van der Waals surface area contributed by atoms with E-state index in [4.69, 9.17) is 0 Å². The molecular formula is C18H32N2O. The standard InChI is InChI=1S/C18H32N2O/c1-13-8-14(11-18(2,3)10-13)9-17(21)20-7-6-15-4-5-16(12-20)19-15/h13-16,19H,4-12H2,1-3H3. The maximum atomic E-state index is 12.7. The van der Waals surface area contributed by atoms with Crippen LogP contribution in [-0.4, -0.2) is 36.0 Å². The Morgan fingerprint density at radius 2 is 1.95 bits per heavy atom. The zero-order valence-electron chi connectivity index (χ0n) is 14.0. The zero-order valence-corrected chi connectivity index (χ0v) is 14.0. The van der Waals surface area contributed by atoms with Crippen LogP contribution in [0.5, 0.6) is 0 Å². The van der Waals surface area contributed by atoms with E-state index in [1.165, 1.54) is 32.1 Å². The minimum atomic E-state index is 0.416. The topological polar surface area (TPSA) is 32.3 Å². The highest BCUT2D eigenvalue weighted by molar-refractivity contribution is 5.76. The molecule has 3 rings (SSSR count). The van der Waals surface area contributed by atoms with Gasteiger partial charge in [-0.2, -0.15) is 0 Å². The van der Waals surface area contributed by atoms with Crippen molar-refractivity contribution in [3.8, 4) is 0 Å². The van der Waals surface area contributed by atoms with Crippen LogP contribution in [0, 0.1) is 17.3 Å². The van der Waals surface area contributed by atoms with Gasteiger partial charge in [0.2, 0.25) is 5.91 Å². The summed E-state index contributed by atoms with van der Waals surface area (Å²) < 4.78 is 0. The summed E-state index contributed by atoms with van der Waals surface area (Å²) in [5.74, 6) is 1.79. The van der Waals surface area contributed by atoms with Crippen molar-refractivity contribution >= 4 is 5.91 Å². The first-order valence-corrected chi connectivity index (χ1v) is 8.95. The van der Waals surface area contributed by atoms with Gasteiger partial charge >= 0.3 is 0 Å². The van der Waals surface area contributed by atoms with Crippen molar-refractivity contribution in [2.45, 2.75) is 77.8 Å². The second kappa shape index (κ2) is 5.91. The molecule has 2 bridgehead atoms. The molecule has 1 saturated carbocycles. The minimum absolute atomic E-state index is 0.416. The van der Waals surface area contributed by atoms with E-state index in [9.17, 15) is 4.79 Å². The Hall–Kier alpha value is -0.570. The fraction of sp³-hybridized carbons (Fsp3) is 0.944. The highest BCUT2D eigenvalue weighted by Crippen LogP contribution is 2.43. The second-order valence-electron chi connectivity index (χ2n) is 8.75. The molecule has 1 amide bonds. The van der Waals surface area contributed by atoms with E-state index in [2.05, 4.69) is 31.0 Å². The van der Waals surface area contributed by atoms with Crippen LogP contribution >= 0.6 is 0 Å². The van der Waals surface area contributed by atoms with Crippen molar-refractivity contribution in [2.24, 2.45) is 17.3 Å². The molecule has 0 spiro atoms. The van der Waals surface area contributed by atoms with Gasteiger partial charge in [-0.05, 0) is 55.8 Å². The summed E-state index contributed by atoms with van der Waals surface area (Å²) >= 11 is 0. The van der Waals surface area contributed by atoms with Crippen LogP contribution in [0.15, 0.2) is 0 Å². The summed E-state index contributed by atoms with van der Waals surface area (Å²) in [4.78, 5) is 14.9. The van der Waals surface area contributed by atoms with Gasteiger partial charge in [-0.1, -0.05) is 20.8 Å². The smallest absolute Gasteiger partial charge is 0.222 e. The molecule has 2 saturated heterocycles. The van der Waals surface area contributed by atoms with Crippen LogP contribution in [0.1, 0.15) is 65.7 Å². The number of hydrogen-bond donors (Lipinski definition) is 1. The average Bonchev–Trinajstić information content (AvgIpc) is 2.65. The van der Waals surface area contributed by atoms with Crippen LogP contribution in [0.25, 0.3) is 0 Å². The molecule has 3 aliphatic rings. The average molecular weight is 292 g/mol. The van der Waals surface area contributed by atoms with Crippen LogP contribution in [-0.2, 0) is 4.79 Å². The summed E-state index contributed by atoms with van der Waals surface area (Å²) in [5, 5.41) is 3.67. The number of hydrogen-bond acceptors (Lipinski definition) is 2. The van der Waals surface area contributed by atoms with Crippen molar-refractivity contribution in [3.05, 3.63) is 0 Å². The molecule has 0 aromatic rings. The molecule has 21 heavy (non-hydrogen) atoms. The van der Waals surface area contributed by atoms with Crippen LogP contribution in [0.2, 0.25) is 0 Å². The van der Waals surface area contributed by atoms with Crippen LogP contribution < -0.4 is 5.32 Å². The largest absolute Gasteiger partial charge is 0.341 e. The fourth-order valence-electron chi connectivity index (χ4n) is 5.24. The van der Waals surface area contributed by atoms with Gasteiger partial charge in [0.15, 0.2) is 0 Å². The Morgan fingerprint density at radius 3 is 2.71 bits per heavy atom. The Kier molecular flexibility index (Phi) is 4.31. The highest BCUT2D eigenvalue weighted by Gasteiger charge is 2.35. The molecule has 0 aromatic heterocycles. The van der Waals surface area contributed by atoms with E-state index < -0.39 is 0 Å². The highest BCUT2D eigenvalue weighted by atomic mass is 16.2. The molecule has 4 atom stereocenters. The maximum Gasteiger partial charge on any atom is 0.222 e. The molecule has 1 aliphatic carbocycles. The summed E-state index contributed by atoms with van der Waals surface area (Å²) in [6, 6.07) is 1.23. The molecular weight excluding hydrogens is 260 g/mol. The van der Waals surface area contributed by atoms with Crippen molar-refractivity contribution in [3.63, 3.8) is 0 Å². The van der Waals surface area contributed by atoms with E-state index in [0.29, 0.717) is 29.3 Å². The lowest BCUT2D eigenvalue weighted by molar-refractivity contribution is -0.133. The SMILES string of the molecule is CC1CC(CC(=O)N2CCC3CCC(C2)N3)CC(C)(C)C1. The lowest BCUT2D eigenvalue weighted by Crippen LogP contribution is -2.40. The van der Waals surface area contributed by atoms with E-state index in [-0.39, 0.29) is 0 Å². The Bertz CT molecular complexity index is 393. The van der Waals surface area contributed by atoms with Gasteiger partial charge in [-0.25, -0.2) is 0 Å². The van der Waals surface area contributed by atoms with Crippen LogP contribution in [0.4, 0.5) is 0 Å². The first-order chi connectivity index (χ1) is 9.91. The van der Waals surface area contributed by atoms with Gasteiger partial charge in [-0.3, -0.25) is 4.79 Å². The van der Waals surface area contributed by atoms with Crippen molar-refractivity contribution < 1.29 is 4.79 Å². The third-order valence-electron chi connectivity index (χ3n) is 5.82. The summed E-state index contributed by atoms with van der Waals surface area (Å²) in [6.07, 6.45) is 8.27. The summed E-state index contributed by atoms with van der Waals surface area (Å²) in [6.45, 7) is 9.01. The third kappa shape index (κ3) is 3.80. The fourth-order valence-corrected chi connectivity index (χ4v) is 5.24. The number of rotatable bonds is 2. The van der Waals surface area contributed by atoms with Gasteiger partial charge in [0.05, 0.1) is 0 Å². The molecule has 4 unspecified atom stereocenters. The summed E-state index contributed by atoms with van der Waals surface area (Å²) in [5.41, 5.74) is 0.419. The van der Waals surface area contributed by atoms with E-state index >= 15 is 0 Å². The Labute approximate surface area is 129 Å². The Morgan fingerprint density at radius 1 is 1.19 bits per heavy atom. The quantitative estimate of drug-likeness (QED) is 0.847. The first-order valence-electron chi connectivity index (χ1n) is 8.95. The molecule has 3 nitrogen and oxygen atoms in total. The number of likely N-dealkylation sites (tertiary alicyclic amines) is 1. The van der Waals surface area contributed by atoms with Crippen molar-refractivity contribution in [1.82, 2.24) is 10.2 Å². The molecule has 3 heteroatoms. The maximum absolute atomic E-state index is 12.7. The molecule has 3 fully saturated rings. The molecule has 0 radical (unpaired) electrons. The Balaban J connectivity index is 1.56. The van der Waals surface area contributed by atoms with Gasteiger partial charge < -0.3 is 10.2 Å². The molecule has 2 heterocycles. The van der Waals surface area contributed by atoms with Gasteiger partial charge in [0.1, 0.15) is 0 Å².